The normalized spacial score (nSPS) is 20.8. The summed E-state index contributed by atoms with van der Waals surface area (Å²) in [6, 6.07) is 4.76. The lowest BCUT2D eigenvalue weighted by Gasteiger charge is -2.34. The van der Waals surface area contributed by atoms with E-state index in [2.05, 4.69) is 5.32 Å². The molecule has 9 heteroatoms. The van der Waals surface area contributed by atoms with Gasteiger partial charge >= 0.3 is 5.97 Å². The summed E-state index contributed by atoms with van der Waals surface area (Å²) < 4.78 is 13.2. The summed E-state index contributed by atoms with van der Waals surface area (Å²) in [6.45, 7) is 4.51. The Morgan fingerprint density at radius 2 is 1.71 bits per heavy atom. The minimum atomic E-state index is -0.850. The van der Waals surface area contributed by atoms with Gasteiger partial charge in [-0.3, -0.25) is 19.2 Å². The first kappa shape index (κ1) is 22.7. The summed E-state index contributed by atoms with van der Waals surface area (Å²) in [4.78, 5) is 52.4. The molecule has 0 saturated carbocycles. The average molecular weight is 433 g/mol. The summed E-state index contributed by atoms with van der Waals surface area (Å²) in [7, 11) is 0. The van der Waals surface area contributed by atoms with Gasteiger partial charge in [-0.05, 0) is 43.0 Å². The van der Waals surface area contributed by atoms with E-state index in [1.807, 2.05) is 13.8 Å². The van der Waals surface area contributed by atoms with Crippen LogP contribution in [0.25, 0.3) is 0 Å². The lowest BCUT2D eigenvalue weighted by molar-refractivity contribution is -0.146. The van der Waals surface area contributed by atoms with Crippen molar-refractivity contribution in [1.82, 2.24) is 10.2 Å². The molecule has 2 atom stereocenters. The SMILES string of the molecule is CC(C)[C@H](NC(=O)[C@@H]1CC(=O)N(c2ccc(F)cc2)C1)C(=O)N1CCC(C(=O)O)CC1. The zero-order valence-corrected chi connectivity index (χ0v) is 17.7. The van der Waals surface area contributed by atoms with Gasteiger partial charge in [0.15, 0.2) is 0 Å². The molecule has 8 nitrogen and oxygen atoms in total. The number of carboxylic acid groups (broad SMARTS) is 1. The Bertz CT molecular complexity index is 849. The van der Waals surface area contributed by atoms with Gasteiger partial charge in [-0.2, -0.15) is 0 Å². The average Bonchev–Trinajstić information content (AvgIpc) is 3.13. The molecule has 2 aliphatic heterocycles. The minimum Gasteiger partial charge on any atom is -0.481 e. The molecular weight excluding hydrogens is 405 g/mol. The molecular formula is C22H28FN3O5. The van der Waals surface area contributed by atoms with E-state index in [1.165, 1.54) is 29.2 Å². The molecule has 0 unspecified atom stereocenters. The van der Waals surface area contributed by atoms with E-state index in [0.717, 1.165) is 0 Å². The zero-order chi connectivity index (χ0) is 22.7. The lowest BCUT2D eigenvalue weighted by atomic mass is 9.95. The molecule has 2 N–H and O–H groups in total. The van der Waals surface area contributed by atoms with Crippen LogP contribution >= 0.6 is 0 Å². The fourth-order valence-electron chi connectivity index (χ4n) is 4.08. The van der Waals surface area contributed by atoms with Crippen molar-refractivity contribution in [3.63, 3.8) is 0 Å². The first-order chi connectivity index (χ1) is 14.7. The van der Waals surface area contributed by atoms with Crippen LogP contribution < -0.4 is 10.2 Å². The molecule has 2 aliphatic rings. The second-order valence-corrected chi connectivity index (χ2v) is 8.55. The number of aliphatic carboxylic acids is 1. The van der Waals surface area contributed by atoms with E-state index in [-0.39, 0.29) is 36.6 Å². The highest BCUT2D eigenvalue weighted by atomic mass is 19.1. The van der Waals surface area contributed by atoms with E-state index in [1.54, 1.807) is 4.90 Å². The van der Waals surface area contributed by atoms with Crippen LogP contribution in [0.4, 0.5) is 10.1 Å². The van der Waals surface area contributed by atoms with E-state index in [9.17, 15) is 23.6 Å². The summed E-state index contributed by atoms with van der Waals surface area (Å²) in [5, 5.41) is 11.9. The summed E-state index contributed by atoms with van der Waals surface area (Å²) in [6.07, 6.45) is 0.805. The van der Waals surface area contributed by atoms with Crippen molar-refractivity contribution in [1.29, 1.82) is 0 Å². The van der Waals surface area contributed by atoms with Gasteiger partial charge < -0.3 is 20.2 Å². The Morgan fingerprint density at radius 3 is 2.26 bits per heavy atom. The molecule has 2 heterocycles. The molecule has 1 aromatic rings. The first-order valence-corrected chi connectivity index (χ1v) is 10.5. The van der Waals surface area contributed by atoms with E-state index < -0.39 is 29.7 Å². The lowest BCUT2D eigenvalue weighted by Crippen LogP contribution is -2.54. The minimum absolute atomic E-state index is 0.0201. The largest absolute Gasteiger partial charge is 0.481 e. The Kier molecular flexibility index (Phi) is 6.92. The number of rotatable bonds is 6. The van der Waals surface area contributed by atoms with E-state index in [4.69, 9.17) is 5.11 Å². The van der Waals surface area contributed by atoms with Crippen LogP contribution in [0.15, 0.2) is 24.3 Å². The molecule has 31 heavy (non-hydrogen) atoms. The number of likely N-dealkylation sites (tertiary alicyclic amines) is 1. The summed E-state index contributed by atoms with van der Waals surface area (Å²) in [5.74, 6) is -3.30. The van der Waals surface area contributed by atoms with Crippen LogP contribution in [0.3, 0.4) is 0 Å². The van der Waals surface area contributed by atoms with Crippen molar-refractivity contribution >= 4 is 29.4 Å². The number of hydrogen-bond donors (Lipinski definition) is 2. The fourth-order valence-corrected chi connectivity index (χ4v) is 4.08. The molecule has 0 aliphatic carbocycles. The monoisotopic (exact) mass is 433 g/mol. The highest BCUT2D eigenvalue weighted by Crippen LogP contribution is 2.26. The van der Waals surface area contributed by atoms with Crippen LogP contribution in [0.1, 0.15) is 33.1 Å². The first-order valence-electron chi connectivity index (χ1n) is 10.5. The number of anilines is 1. The Morgan fingerprint density at radius 1 is 1.10 bits per heavy atom. The van der Waals surface area contributed by atoms with Gasteiger partial charge in [-0.25, -0.2) is 4.39 Å². The summed E-state index contributed by atoms with van der Waals surface area (Å²) in [5.41, 5.74) is 0.527. The number of nitrogens with one attached hydrogen (secondary N) is 1. The molecule has 168 valence electrons. The second kappa shape index (κ2) is 9.45. The Balaban J connectivity index is 1.62. The van der Waals surface area contributed by atoms with Crippen molar-refractivity contribution in [3.05, 3.63) is 30.1 Å². The number of amides is 3. The molecule has 1 aromatic carbocycles. The van der Waals surface area contributed by atoms with Gasteiger partial charge in [0.25, 0.3) is 0 Å². The van der Waals surface area contributed by atoms with Crippen molar-refractivity contribution in [3.8, 4) is 0 Å². The van der Waals surface area contributed by atoms with Gasteiger partial charge in [0, 0.05) is 31.7 Å². The number of carbonyl (C=O) groups excluding carboxylic acids is 3. The predicted octanol–water partition coefficient (Wildman–Crippen LogP) is 1.64. The van der Waals surface area contributed by atoms with Crippen LogP contribution in [-0.2, 0) is 19.2 Å². The molecule has 2 fully saturated rings. The molecule has 0 bridgehead atoms. The summed E-state index contributed by atoms with van der Waals surface area (Å²) >= 11 is 0. The highest BCUT2D eigenvalue weighted by Gasteiger charge is 2.38. The topological polar surface area (TPSA) is 107 Å². The third kappa shape index (κ3) is 5.21. The van der Waals surface area contributed by atoms with Crippen LogP contribution in [0.5, 0.6) is 0 Å². The number of hydrogen-bond acceptors (Lipinski definition) is 4. The Hall–Kier alpha value is -2.97. The molecule has 2 saturated heterocycles. The number of carbonyl (C=O) groups is 4. The standard InChI is InChI=1S/C22H28FN3O5/c1-13(2)19(21(29)25-9-7-14(8-10-25)22(30)31)24-20(28)15-11-18(27)26(12-15)17-5-3-16(23)4-6-17/h3-6,13-15,19H,7-12H2,1-2H3,(H,24,28)(H,30,31)/t15-,19+/m1/s1. The maximum Gasteiger partial charge on any atom is 0.306 e. The van der Waals surface area contributed by atoms with Gasteiger partial charge in [0.2, 0.25) is 17.7 Å². The van der Waals surface area contributed by atoms with Crippen LogP contribution in [0, 0.1) is 23.6 Å². The second-order valence-electron chi connectivity index (χ2n) is 8.55. The molecule has 3 amide bonds. The number of piperidine rings is 1. The molecule has 3 rings (SSSR count). The number of halogens is 1. The number of nitrogens with zero attached hydrogens (tertiary/aromatic N) is 2. The van der Waals surface area contributed by atoms with Crippen molar-refractivity contribution in [2.75, 3.05) is 24.5 Å². The third-order valence-corrected chi connectivity index (χ3v) is 6.02. The Labute approximate surface area is 180 Å². The highest BCUT2D eigenvalue weighted by molar-refractivity contribution is 6.01. The maximum atomic E-state index is 13.2. The smallest absolute Gasteiger partial charge is 0.306 e. The predicted molar refractivity (Wildman–Crippen MR) is 111 cm³/mol. The van der Waals surface area contributed by atoms with Gasteiger partial charge in [0.05, 0.1) is 11.8 Å². The quantitative estimate of drug-likeness (QED) is 0.709. The van der Waals surface area contributed by atoms with Gasteiger partial charge in [-0.15, -0.1) is 0 Å². The maximum absolute atomic E-state index is 13.2. The van der Waals surface area contributed by atoms with Crippen LogP contribution in [0.2, 0.25) is 0 Å². The van der Waals surface area contributed by atoms with Crippen molar-refractivity contribution < 1.29 is 28.7 Å². The zero-order valence-electron chi connectivity index (χ0n) is 17.7. The third-order valence-electron chi connectivity index (χ3n) is 6.02. The fraction of sp³-hybridized carbons (Fsp3) is 0.545. The van der Waals surface area contributed by atoms with Crippen LogP contribution in [-0.4, -0.2) is 59.4 Å². The molecule has 0 spiro atoms. The number of carboxylic acids is 1. The van der Waals surface area contributed by atoms with E-state index >= 15 is 0 Å². The molecule has 0 aromatic heterocycles. The molecule has 0 radical (unpaired) electrons. The van der Waals surface area contributed by atoms with Gasteiger partial charge in [-0.1, -0.05) is 13.8 Å². The van der Waals surface area contributed by atoms with Crippen molar-refractivity contribution in [2.24, 2.45) is 17.8 Å². The van der Waals surface area contributed by atoms with Crippen molar-refractivity contribution in [2.45, 2.75) is 39.2 Å². The van der Waals surface area contributed by atoms with E-state index in [0.29, 0.717) is 31.6 Å². The number of benzene rings is 1. The van der Waals surface area contributed by atoms with Gasteiger partial charge in [0.1, 0.15) is 11.9 Å².